The summed E-state index contributed by atoms with van der Waals surface area (Å²) in [5.41, 5.74) is 0.793. The summed E-state index contributed by atoms with van der Waals surface area (Å²) in [6.45, 7) is 1.91. The fourth-order valence-corrected chi connectivity index (χ4v) is 1.59. The molecule has 0 saturated carbocycles. The summed E-state index contributed by atoms with van der Waals surface area (Å²) in [5, 5.41) is 13.9. The molecule has 0 saturated heterocycles. The van der Waals surface area contributed by atoms with E-state index in [9.17, 15) is 0 Å². The molecule has 1 unspecified atom stereocenters. The van der Waals surface area contributed by atoms with Gasteiger partial charge >= 0.3 is 0 Å². The number of para-hydroxylation sites is 1. The van der Waals surface area contributed by atoms with Gasteiger partial charge in [-0.2, -0.15) is 5.10 Å². The van der Waals surface area contributed by atoms with Gasteiger partial charge in [0.25, 0.3) is 0 Å². The van der Waals surface area contributed by atoms with Gasteiger partial charge < -0.3 is 9.84 Å². The number of nitrogens with zero attached hydrogens (tertiary/aromatic N) is 2. The Kier molecular flexibility index (Phi) is 3.66. The van der Waals surface area contributed by atoms with Crippen molar-refractivity contribution in [2.45, 2.75) is 13.0 Å². The first kappa shape index (κ1) is 12.0. The third kappa shape index (κ3) is 2.99. The number of benzene rings is 1. The highest BCUT2D eigenvalue weighted by atomic mass is 35.5. The molecule has 2 rings (SSSR count). The van der Waals surface area contributed by atoms with Gasteiger partial charge in [-0.05, 0) is 19.1 Å². The molecule has 0 radical (unpaired) electrons. The lowest BCUT2D eigenvalue weighted by Crippen LogP contribution is -2.12. The first-order valence-corrected chi connectivity index (χ1v) is 5.65. The first-order chi connectivity index (χ1) is 8.16. The SMILES string of the molecule is CC(O)COc1cnn(-c2ccccc2Cl)c1. The van der Waals surface area contributed by atoms with Crippen molar-refractivity contribution in [1.29, 1.82) is 0 Å². The molecule has 0 amide bonds. The Morgan fingerprint density at radius 2 is 2.24 bits per heavy atom. The second-order valence-corrected chi connectivity index (χ2v) is 4.14. The van der Waals surface area contributed by atoms with Gasteiger partial charge in [0.05, 0.1) is 29.2 Å². The summed E-state index contributed by atoms with van der Waals surface area (Å²) in [7, 11) is 0. The second-order valence-electron chi connectivity index (χ2n) is 3.73. The number of aromatic nitrogens is 2. The summed E-state index contributed by atoms with van der Waals surface area (Å²) in [5.74, 6) is 0.603. The molecule has 1 aromatic carbocycles. The van der Waals surface area contributed by atoms with Crippen LogP contribution in [0.3, 0.4) is 0 Å². The topological polar surface area (TPSA) is 47.3 Å². The molecule has 17 heavy (non-hydrogen) atoms. The summed E-state index contributed by atoms with van der Waals surface area (Å²) >= 11 is 6.05. The standard InChI is InChI=1S/C12H13ClN2O2/c1-9(16)8-17-10-6-14-15(7-10)12-5-3-2-4-11(12)13/h2-7,9,16H,8H2,1H3. The van der Waals surface area contributed by atoms with Crippen molar-refractivity contribution in [2.24, 2.45) is 0 Å². The lowest BCUT2D eigenvalue weighted by atomic mass is 10.3. The third-order valence-electron chi connectivity index (χ3n) is 2.15. The Balaban J connectivity index is 2.16. The van der Waals surface area contributed by atoms with E-state index in [1.165, 1.54) is 0 Å². The van der Waals surface area contributed by atoms with E-state index in [1.807, 2.05) is 18.2 Å². The monoisotopic (exact) mass is 252 g/mol. The fraction of sp³-hybridized carbons (Fsp3) is 0.250. The summed E-state index contributed by atoms with van der Waals surface area (Å²) in [6, 6.07) is 7.42. The quantitative estimate of drug-likeness (QED) is 0.908. The van der Waals surface area contributed by atoms with Gasteiger partial charge in [0, 0.05) is 0 Å². The first-order valence-electron chi connectivity index (χ1n) is 5.27. The molecule has 1 atom stereocenters. The number of rotatable bonds is 4. The van der Waals surface area contributed by atoms with Crippen molar-refractivity contribution in [3.63, 3.8) is 0 Å². The molecule has 0 aliphatic heterocycles. The van der Waals surface area contributed by atoms with Gasteiger partial charge in [-0.15, -0.1) is 0 Å². The van der Waals surface area contributed by atoms with Crippen molar-refractivity contribution < 1.29 is 9.84 Å². The maximum absolute atomic E-state index is 9.11. The Morgan fingerprint density at radius 3 is 2.94 bits per heavy atom. The molecule has 1 heterocycles. The number of halogens is 1. The molecule has 5 heteroatoms. The molecule has 2 aromatic rings. The molecule has 0 aliphatic carbocycles. The third-order valence-corrected chi connectivity index (χ3v) is 2.47. The van der Waals surface area contributed by atoms with Crippen LogP contribution in [-0.4, -0.2) is 27.6 Å². The number of hydrogen-bond acceptors (Lipinski definition) is 3. The molecule has 0 aliphatic rings. The van der Waals surface area contributed by atoms with Crippen LogP contribution in [0.1, 0.15) is 6.92 Å². The number of aliphatic hydroxyl groups excluding tert-OH is 1. The number of ether oxygens (including phenoxy) is 1. The van der Waals surface area contributed by atoms with Crippen LogP contribution in [0.25, 0.3) is 5.69 Å². The van der Waals surface area contributed by atoms with Crippen molar-refractivity contribution >= 4 is 11.6 Å². The lowest BCUT2D eigenvalue weighted by Gasteiger charge is -2.05. The molecule has 0 fully saturated rings. The zero-order chi connectivity index (χ0) is 12.3. The second kappa shape index (κ2) is 5.21. The molecular weight excluding hydrogens is 240 g/mol. The highest BCUT2D eigenvalue weighted by Crippen LogP contribution is 2.21. The van der Waals surface area contributed by atoms with Crippen LogP contribution in [0.2, 0.25) is 5.02 Å². The van der Waals surface area contributed by atoms with Crippen molar-refractivity contribution in [3.05, 3.63) is 41.7 Å². The van der Waals surface area contributed by atoms with Gasteiger partial charge in [0.15, 0.2) is 5.75 Å². The minimum absolute atomic E-state index is 0.244. The van der Waals surface area contributed by atoms with Gasteiger partial charge in [-0.25, -0.2) is 4.68 Å². The van der Waals surface area contributed by atoms with Crippen molar-refractivity contribution in [2.75, 3.05) is 6.61 Å². The van der Waals surface area contributed by atoms with E-state index < -0.39 is 6.10 Å². The van der Waals surface area contributed by atoms with Crippen LogP contribution in [0.15, 0.2) is 36.7 Å². The predicted molar refractivity (Wildman–Crippen MR) is 65.7 cm³/mol. The molecule has 4 nitrogen and oxygen atoms in total. The highest BCUT2D eigenvalue weighted by Gasteiger charge is 2.05. The van der Waals surface area contributed by atoms with E-state index in [4.69, 9.17) is 21.4 Å². The Bertz CT molecular complexity index is 497. The van der Waals surface area contributed by atoms with E-state index in [0.29, 0.717) is 10.8 Å². The van der Waals surface area contributed by atoms with Crippen molar-refractivity contribution in [1.82, 2.24) is 9.78 Å². The smallest absolute Gasteiger partial charge is 0.157 e. The van der Waals surface area contributed by atoms with Crippen LogP contribution >= 0.6 is 11.6 Å². The predicted octanol–water partition coefficient (Wildman–Crippen LogP) is 2.29. The lowest BCUT2D eigenvalue weighted by molar-refractivity contribution is 0.122. The van der Waals surface area contributed by atoms with E-state index in [-0.39, 0.29) is 6.61 Å². The van der Waals surface area contributed by atoms with E-state index in [2.05, 4.69) is 5.10 Å². The number of hydrogen-bond donors (Lipinski definition) is 1. The van der Waals surface area contributed by atoms with E-state index in [1.54, 1.807) is 30.1 Å². The fourth-order valence-electron chi connectivity index (χ4n) is 1.37. The maximum Gasteiger partial charge on any atom is 0.157 e. The van der Waals surface area contributed by atoms with Crippen LogP contribution in [0.5, 0.6) is 5.75 Å². The largest absolute Gasteiger partial charge is 0.488 e. The Morgan fingerprint density at radius 1 is 1.47 bits per heavy atom. The van der Waals surface area contributed by atoms with Crippen molar-refractivity contribution in [3.8, 4) is 11.4 Å². The molecule has 0 spiro atoms. The molecule has 1 aromatic heterocycles. The zero-order valence-corrected chi connectivity index (χ0v) is 10.1. The summed E-state index contributed by atoms with van der Waals surface area (Å²) in [4.78, 5) is 0. The number of aliphatic hydroxyl groups is 1. The van der Waals surface area contributed by atoms with Gasteiger partial charge in [-0.1, -0.05) is 23.7 Å². The minimum atomic E-state index is -0.501. The molecule has 90 valence electrons. The van der Waals surface area contributed by atoms with Crippen LogP contribution in [0.4, 0.5) is 0 Å². The Labute approximate surface area is 104 Å². The average molecular weight is 253 g/mol. The van der Waals surface area contributed by atoms with Gasteiger partial charge in [0.1, 0.15) is 6.61 Å². The maximum atomic E-state index is 9.11. The molecule has 1 N–H and O–H groups in total. The summed E-state index contributed by atoms with van der Waals surface area (Å²) < 4.78 is 6.97. The van der Waals surface area contributed by atoms with E-state index >= 15 is 0 Å². The zero-order valence-electron chi connectivity index (χ0n) is 9.38. The summed E-state index contributed by atoms with van der Waals surface area (Å²) in [6.07, 6.45) is 2.81. The van der Waals surface area contributed by atoms with Crippen LogP contribution in [-0.2, 0) is 0 Å². The van der Waals surface area contributed by atoms with Gasteiger partial charge in [-0.3, -0.25) is 0 Å². The normalized spacial score (nSPS) is 12.4. The highest BCUT2D eigenvalue weighted by molar-refractivity contribution is 6.32. The van der Waals surface area contributed by atoms with E-state index in [0.717, 1.165) is 5.69 Å². The molecule has 0 bridgehead atoms. The van der Waals surface area contributed by atoms with Crippen LogP contribution in [0, 0.1) is 0 Å². The Hall–Kier alpha value is -1.52. The van der Waals surface area contributed by atoms with Gasteiger partial charge in [0.2, 0.25) is 0 Å². The average Bonchev–Trinajstić information content (AvgIpc) is 2.75. The minimum Gasteiger partial charge on any atom is -0.488 e. The van der Waals surface area contributed by atoms with Crippen LogP contribution < -0.4 is 4.74 Å². The molecular formula is C12H13ClN2O2.